The lowest BCUT2D eigenvalue weighted by Crippen LogP contribution is -2.43. The minimum Gasteiger partial charge on any atom is -0.367 e. The second-order valence-corrected chi connectivity index (χ2v) is 5.46. The third-order valence-electron chi connectivity index (χ3n) is 4.23. The van der Waals surface area contributed by atoms with Crippen LogP contribution in [0.3, 0.4) is 0 Å². The van der Waals surface area contributed by atoms with E-state index in [-0.39, 0.29) is 0 Å². The van der Waals surface area contributed by atoms with E-state index in [1.165, 1.54) is 19.4 Å². The highest BCUT2D eigenvalue weighted by atomic mass is 16.1. The molecule has 1 amide bonds. The van der Waals surface area contributed by atoms with Gasteiger partial charge in [0.05, 0.1) is 5.56 Å². The van der Waals surface area contributed by atoms with Crippen molar-refractivity contribution in [2.24, 2.45) is 5.73 Å². The lowest BCUT2D eigenvalue weighted by atomic mass is 9.97. The molecule has 5 heteroatoms. The molecule has 3 heterocycles. The SMILES string of the molecule is NC(=O)c1cccnc1NC1CCN2CCCC2C1. The van der Waals surface area contributed by atoms with Crippen molar-refractivity contribution in [3.63, 3.8) is 0 Å². The number of amides is 1. The fourth-order valence-corrected chi connectivity index (χ4v) is 3.27. The summed E-state index contributed by atoms with van der Waals surface area (Å²) >= 11 is 0. The van der Waals surface area contributed by atoms with Gasteiger partial charge in [0, 0.05) is 24.8 Å². The quantitative estimate of drug-likeness (QED) is 0.857. The highest BCUT2D eigenvalue weighted by molar-refractivity contribution is 5.97. The summed E-state index contributed by atoms with van der Waals surface area (Å²) in [5.74, 6) is 0.209. The number of carbonyl (C=O) groups is 1. The van der Waals surface area contributed by atoms with Crippen molar-refractivity contribution in [3.8, 4) is 0 Å². The van der Waals surface area contributed by atoms with Gasteiger partial charge in [0.1, 0.15) is 5.82 Å². The van der Waals surface area contributed by atoms with Gasteiger partial charge in [-0.25, -0.2) is 4.98 Å². The first-order chi connectivity index (χ1) is 9.24. The van der Waals surface area contributed by atoms with Crippen LogP contribution in [0.1, 0.15) is 36.0 Å². The fourth-order valence-electron chi connectivity index (χ4n) is 3.27. The fraction of sp³-hybridized carbons (Fsp3) is 0.571. The normalized spacial score (nSPS) is 26.9. The zero-order chi connectivity index (χ0) is 13.2. The molecule has 0 bridgehead atoms. The molecule has 0 spiro atoms. The van der Waals surface area contributed by atoms with Gasteiger partial charge in [0.2, 0.25) is 0 Å². The molecule has 1 aromatic rings. The Labute approximate surface area is 113 Å². The summed E-state index contributed by atoms with van der Waals surface area (Å²) in [6, 6.07) is 4.56. The van der Waals surface area contributed by atoms with Crippen molar-refractivity contribution in [1.82, 2.24) is 9.88 Å². The second kappa shape index (κ2) is 5.17. The van der Waals surface area contributed by atoms with Crippen LogP contribution < -0.4 is 11.1 Å². The molecule has 102 valence electrons. The van der Waals surface area contributed by atoms with Gasteiger partial charge in [-0.1, -0.05) is 0 Å². The molecule has 2 atom stereocenters. The highest BCUT2D eigenvalue weighted by Gasteiger charge is 2.31. The first-order valence-corrected chi connectivity index (χ1v) is 6.99. The average molecular weight is 260 g/mol. The first kappa shape index (κ1) is 12.4. The molecule has 5 nitrogen and oxygen atoms in total. The summed E-state index contributed by atoms with van der Waals surface area (Å²) in [6.07, 6.45) is 6.54. The number of fused-ring (bicyclic) bond motifs is 1. The third-order valence-corrected chi connectivity index (χ3v) is 4.23. The zero-order valence-corrected chi connectivity index (χ0v) is 11.0. The standard InChI is InChI=1S/C14H20N4O/c15-13(19)12-4-1-6-16-14(12)17-10-5-8-18-7-2-3-11(18)9-10/h1,4,6,10-11H,2-3,5,7-9H2,(H2,15,19)(H,16,17). The summed E-state index contributed by atoms with van der Waals surface area (Å²) in [6.45, 7) is 2.38. The molecule has 2 saturated heterocycles. The number of hydrogen-bond donors (Lipinski definition) is 2. The van der Waals surface area contributed by atoms with Crippen LogP contribution in [0.25, 0.3) is 0 Å². The Bertz CT molecular complexity index is 476. The van der Waals surface area contributed by atoms with Gasteiger partial charge in [0.15, 0.2) is 0 Å². The van der Waals surface area contributed by atoms with E-state index in [9.17, 15) is 4.79 Å². The number of pyridine rings is 1. The number of aromatic nitrogens is 1. The number of anilines is 1. The number of rotatable bonds is 3. The van der Waals surface area contributed by atoms with E-state index in [0.717, 1.165) is 19.4 Å². The number of hydrogen-bond acceptors (Lipinski definition) is 4. The van der Waals surface area contributed by atoms with E-state index >= 15 is 0 Å². The van der Waals surface area contributed by atoms with Gasteiger partial charge >= 0.3 is 0 Å². The predicted molar refractivity (Wildman–Crippen MR) is 74.0 cm³/mol. The van der Waals surface area contributed by atoms with Crippen LogP contribution in [-0.2, 0) is 0 Å². The number of nitrogens with one attached hydrogen (secondary N) is 1. The number of primary amides is 1. The maximum atomic E-state index is 11.4. The van der Waals surface area contributed by atoms with Crippen LogP contribution in [0, 0.1) is 0 Å². The molecule has 0 radical (unpaired) electrons. The van der Waals surface area contributed by atoms with Gasteiger partial charge in [-0.3, -0.25) is 4.79 Å². The van der Waals surface area contributed by atoms with Gasteiger partial charge in [0.25, 0.3) is 5.91 Å². The van der Waals surface area contributed by atoms with Crippen LogP contribution in [0.4, 0.5) is 5.82 Å². The second-order valence-electron chi connectivity index (χ2n) is 5.46. The van der Waals surface area contributed by atoms with E-state index in [1.807, 2.05) is 0 Å². The first-order valence-electron chi connectivity index (χ1n) is 6.99. The highest BCUT2D eigenvalue weighted by Crippen LogP contribution is 2.28. The van der Waals surface area contributed by atoms with Gasteiger partial charge in [-0.05, 0) is 44.4 Å². The van der Waals surface area contributed by atoms with Crippen molar-refractivity contribution in [2.45, 2.75) is 37.8 Å². The topological polar surface area (TPSA) is 71.2 Å². The largest absolute Gasteiger partial charge is 0.367 e. The lowest BCUT2D eigenvalue weighted by molar-refractivity contribution is 0.100. The molecule has 3 N–H and O–H groups in total. The maximum absolute atomic E-state index is 11.4. The van der Waals surface area contributed by atoms with E-state index in [2.05, 4.69) is 15.2 Å². The van der Waals surface area contributed by atoms with Crippen molar-refractivity contribution in [2.75, 3.05) is 18.4 Å². The molecule has 3 rings (SSSR count). The molecule has 2 unspecified atom stereocenters. The van der Waals surface area contributed by atoms with Crippen LogP contribution in [0.15, 0.2) is 18.3 Å². The van der Waals surface area contributed by atoms with Crippen LogP contribution in [0.2, 0.25) is 0 Å². The van der Waals surface area contributed by atoms with Crippen molar-refractivity contribution >= 4 is 11.7 Å². The molecular weight excluding hydrogens is 240 g/mol. The molecule has 1 aromatic heterocycles. The summed E-state index contributed by atoms with van der Waals surface area (Å²) in [5.41, 5.74) is 5.86. The Morgan fingerprint density at radius 1 is 1.42 bits per heavy atom. The Hall–Kier alpha value is -1.62. The van der Waals surface area contributed by atoms with Gasteiger partial charge in [-0.2, -0.15) is 0 Å². The molecule has 2 fully saturated rings. The monoisotopic (exact) mass is 260 g/mol. The smallest absolute Gasteiger partial charge is 0.252 e. The van der Waals surface area contributed by atoms with Gasteiger partial charge < -0.3 is 16.0 Å². The minimum atomic E-state index is -0.422. The Morgan fingerprint density at radius 3 is 3.16 bits per heavy atom. The van der Waals surface area contributed by atoms with Crippen LogP contribution in [-0.4, -0.2) is 41.0 Å². The number of carbonyl (C=O) groups excluding carboxylic acids is 1. The van der Waals surface area contributed by atoms with E-state index < -0.39 is 5.91 Å². The molecule has 0 aromatic carbocycles. The Kier molecular flexibility index (Phi) is 3.38. The van der Waals surface area contributed by atoms with Crippen LogP contribution >= 0.6 is 0 Å². The van der Waals surface area contributed by atoms with Crippen LogP contribution in [0.5, 0.6) is 0 Å². The Balaban J connectivity index is 1.70. The van der Waals surface area contributed by atoms with Crippen molar-refractivity contribution < 1.29 is 4.79 Å². The van der Waals surface area contributed by atoms with Gasteiger partial charge in [-0.15, -0.1) is 0 Å². The number of nitrogens with zero attached hydrogens (tertiary/aromatic N) is 2. The Morgan fingerprint density at radius 2 is 2.32 bits per heavy atom. The minimum absolute atomic E-state index is 0.396. The molecule has 2 aliphatic rings. The molecular formula is C14H20N4O. The molecule has 19 heavy (non-hydrogen) atoms. The predicted octanol–water partition coefficient (Wildman–Crippen LogP) is 1.22. The molecule has 0 saturated carbocycles. The average Bonchev–Trinajstić information content (AvgIpc) is 2.86. The van der Waals surface area contributed by atoms with E-state index in [1.54, 1.807) is 18.3 Å². The maximum Gasteiger partial charge on any atom is 0.252 e. The summed E-state index contributed by atoms with van der Waals surface area (Å²) in [7, 11) is 0. The zero-order valence-electron chi connectivity index (χ0n) is 11.0. The number of nitrogens with two attached hydrogens (primary N) is 1. The lowest BCUT2D eigenvalue weighted by Gasteiger charge is -2.35. The summed E-state index contributed by atoms with van der Waals surface area (Å²) in [5, 5.41) is 3.40. The number of piperidine rings is 1. The summed E-state index contributed by atoms with van der Waals surface area (Å²) < 4.78 is 0. The molecule has 0 aliphatic carbocycles. The van der Waals surface area contributed by atoms with Crippen molar-refractivity contribution in [1.29, 1.82) is 0 Å². The summed E-state index contributed by atoms with van der Waals surface area (Å²) in [4.78, 5) is 18.2. The molecule has 2 aliphatic heterocycles. The van der Waals surface area contributed by atoms with Crippen molar-refractivity contribution in [3.05, 3.63) is 23.9 Å². The van der Waals surface area contributed by atoms with E-state index in [4.69, 9.17) is 5.73 Å². The van der Waals surface area contributed by atoms with E-state index in [0.29, 0.717) is 23.5 Å². The third kappa shape index (κ3) is 2.56.